The quantitative estimate of drug-likeness (QED) is 0.0262. The van der Waals surface area contributed by atoms with Crippen LogP contribution in [0.3, 0.4) is 0 Å². The molecular formula is C52H95NO8. The van der Waals surface area contributed by atoms with Gasteiger partial charge >= 0.3 is 0 Å². The minimum absolute atomic E-state index is 0.189. The summed E-state index contributed by atoms with van der Waals surface area (Å²) in [5.74, 6) is -0.189. The zero-order valence-electron chi connectivity index (χ0n) is 39.2. The summed E-state index contributed by atoms with van der Waals surface area (Å²) in [6.45, 7) is 3.69. The lowest BCUT2D eigenvalue weighted by Gasteiger charge is -2.40. The molecule has 0 aliphatic carbocycles. The number of aliphatic hydroxyl groups is 5. The molecule has 7 unspecified atom stereocenters. The van der Waals surface area contributed by atoms with Crippen molar-refractivity contribution in [3.63, 3.8) is 0 Å². The Balaban J connectivity index is 2.14. The summed E-state index contributed by atoms with van der Waals surface area (Å²) in [5.41, 5.74) is 0. The summed E-state index contributed by atoms with van der Waals surface area (Å²) >= 11 is 0. The standard InChI is InChI=1S/C52H95NO8/c1-3-5-7-9-11-13-14-15-16-17-18-19-20-21-22-23-24-25-26-27-28-29-30-31-32-34-36-38-40-42-48(56)53-45(46(55)41-39-37-35-33-12-10-8-6-4-2)44-60-52-51(59)50(58)49(57)47(43-54)61-52/h12,14-15,17-18,33,39,41,45-47,49-52,54-55,57-59H,3-11,13,16,19-32,34-38,40,42-44H2,1-2H3,(H,53,56)/b15-14-,18-17-,33-12+,41-39+. The first-order valence-corrected chi connectivity index (χ1v) is 25.4. The Bertz CT molecular complexity index is 1090. The fourth-order valence-electron chi connectivity index (χ4n) is 7.79. The van der Waals surface area contributed by atoms with E-state index in [1.807, 2.05) is 6.08 Å². The van der Waals surface area contributed by atoms with Gasteiger partial charge in [0.2, 0.25) is 5.91 Å². The summed E-state index contributed by atoms with van der Waals surface area (Å²) in [6, 6.07) is -0.819. The van der Waals surface area contributed by atoms with Gasteiger partial charge in [0.05, 0.1) is 25.4 Å². The number of rotatable bonds is 42. The lowest BCUT2D eigenvalue weighted by Crippen LogP contribution is -2.60. The molecule has 356 valence electrons. The number of hydrogen-bond acceptors (Lipinski definition) is 8. The Morgan fingerprint density at radius 2 is 0.984 bits per heavy atom. The minimum atomic E-state index is -1.57. The molecule has 0 aromatic carbocycles. The van der Waals surface area contributed by atoms with Crippen molar-refractivity contribution in [2.24, 2.45) is 0 Å². The first kappa shape index (κ1) is 57.2. The molecule has 7 atom stereocenters. The molecule has 61 heavy (non-hydrogen) atoms. The van der Waals surface area contributed by atoms with Gasteiger partial charge in [-0.25, -0.2) is 0 Å². The van der Waals surface area contributed by atoms with Crippen LogP contribution in [0.1, 0.15) is 219 Å². The Labute approximate surface area is 373 Å². The fraction of sp³-hybridized carbons (Fsp3) is 0.827. The van der Waals surface area contributed by atoms with E-state index in [0.717, 1.165) is 44.9 Å². The molecule has 1 saturated heterocycles. The molecule has 1 aliphatic heterocycles. The topological polar surface area (TPSA) is 149 Å². The van der Waals surface area contributed by atoms with Crippen molar-refractivity contribution in [2.75, 3.05) is 13.2 Å². The van der Waals surface area contributed by atoms with Crippen LogP contribution in [0.15, 0.2) is 48.6 Å². The molecule has 0 saturated carbocycles. The molecular weight excluding hydrogens is 767 g/mol. The summed E-state index contributed by atoms with van der Waals surface area (Å²) in [5, 5.41) is 54.0. The van der Waals surface area contributed by atoms with Crippen LogP contribution in [0, 0.1) is 0 Å². The number of carbonyl (C=O) groups excluding carboxylic acids is 1. The molecule has 6 N–H and O–H groups in total. The third kappa shape index (κ3) is 32.5. The van der Waals surface area contributed by atoms with Crippen LogP contribution in [0.2, 0.25) is 0 Å². The minimum Gasteiger partial charge on any atom is -0.394 e. The van der Waals surface area contributed by atoms with Gasteiger partial charge in [0.25, 0.3) is 0 Å². The highest BCUT2D eigenvalue weighted by atomic mass is 16.7. The normalized spacial score (nSPS) is 20.8. The monoisotopic (exact) mass is 862 g/mol. The highest BCUT2D eigenvalue weighted by molar-refractivity contribution is 5.76. The number of nitrogens with one attached hydrogen (secondary N) is 1. The Hall–Kier alpha value is -1.85. The second-order valence-corrected chi connectivity index (χ2v) is 17.6. The van der Waals surface area contributed by atoms with Crippen molar-refractivity contribution in [2.45, 2.75) is 262 Å². The van der Waals surface area contributed by atoms with Gasteiger partial charge in [-0.05, 0) is 64.2 Å². The number of carbonyl (C=O) groups is 1. The van der Waals surface area contributed by atoms with E-state index in [-0.39, 0.29) is 12.5 Å². The molecule has 1 heterocycles. The molecule has 0 bridgehead atoms. The third-order valence-electron chi connectivity index (χ3n) is 11.9. The van der Waals surface area contributed by atoms with Gasteiger partial charge in [-0.1, -0.05) is 197 Å². The second-order valence-electron chi connectivity index (χ2n) is 17.6. The Morgan fingerprint density at radius 1 is 0.557 bits per heavy atom. The maximum absolute atomic E-state index is 12.9. The molecule has 0 spiro atoms. The molecule has 0 aromatic rings. The largest absolute Gasteiger partial charge is 0.394 e. The number of unbranched alkanes of at least 4 members (excludes halogenated alkanes) is 26. The molecule has 0 radical (unpaired) electrons. The van der Waals surface area contributed by atoms with Gasteiger partial charge in [0.15, 0.2) is 6.29 Å². The van der Waals surface area contributed by atoms with Gasteiger partial charge < -0.3 is 40.3 Å². The summed E-state index contributed by atoms with van der Waals surface area (Å²) in [4.78, 5) is 12.9. The van der Waals surface area contributed by atoms with Crippen molar-refractivity contribution >= 4 is 5.91 Å². The van der Waals surface area contributed by atoms with Crippen molar-refractivity contribution in [1.29, 1.82) is 0 Å². The average molecular weight is 862 g/mol. The summed E-state index contributed by atoms with van der Waals surface area (Å²) < 4.78 is 11.2. The highest BCUT2D eigenvalue weighted by Crippen LogP contribution is 2.23. The summed E-state index contributed by atoms with van der Waals surface area (Å²) in [7, 11) is 0. The SMILES string of the molecule is CCCCC/C=C/CC/C=C/C(O)C(COC1OC(CO)C(O)C(O)C1O)NC(=O)CCCCCCCCCCCCCCCCCCC/C=C\C/C=C\CCCCCCC. The molecule has 1 rings (SSSR count). The van der Waals surface area contributed by atoms with Crippen LogP contribution in [0.25, 0.3) is 0 Å². The average Bonchev–Trinajstić information content (AvgIpc) is 3.26. The van der Waals surface area contributed by atoms with Crippen molar-refractivity contribution < 1.29 is 39.8 Å². The fourth-order valence-corrected chi connectivity index (χ4v) is 7.79. The van der Waals surface area contributed by atoms with Crippen LogP contribution in [0.4, 0.5) is 0 Å². The van der Waals surface area contributed by atoms with Crippen LogP contribution in [-0.4, -0.2) is 87.5 Å². The number of amides is 1. The van der Waals surface area contributed by atoms with Crippen LogP contribution in [-0.2, 0) is 14.3 Å². The van der Waals surface area contributed by atoms with Gasteiger partial charge in [0, 0.05) is 6.42 Å². The Kier molecular flexibility index (Phi) is 39.5. The number of ether oxygens (including phenoxy) is 2. The van der Waals surface area contributed by atoms with Gasteiger partial charge in [0.1, 0.15) is 24.4 Å². The van der Waals surface area contributed by atoms with E-state index in [9.17, 15) is 30.3 Å². The van der Waals surface area contributed by atoms with Crippen molar-refractivity contribution in [1.82, 2.24) is 5.32 Å². The maximum Gasteiger partial charge on any atom is 0.220 e. The van der Waals surface area contributed by atoms with Crippen molar-refractivity contribution in [3.05, 3.63) is 48.6 Å². The molecule has 1 aliphatic rings. The molecule has 0 aromatic heterocycles. The van der Waals surface area contributed by atoms with E-state index in [4.69, 9.17) is 9.47 Å². The zero-order valence-corrected chi connectivity index (χ0v) is 39.2. The smallest absolute Gasteiger partial charge is 0.220 e. The van der Waals surface area contributed by atoms with Crippen LogP contribution >= 0.6 is 0 Å². The lowest BCUT2D eigenvalue weighted by molar-refractivity contribution is -0.302. The van der Waals surface area contributed by atoms with Gasteiger partial charge in [-0.2, -0.15) is 0 Å². The van der Waals surface area contributed by atoms with E-state index >= 15 is 0 Å². The predicted octanol–water partition coefficient (Wildman–Crippen LogP) is 11.4. The van der Waals surface area contributed by atoms with Crippen molar-refractivity contribution in [3.8, 4) is 0 Å². The van der Waals surface area contributed by atoms with E-state index < -0.39 is 49.5 Å². The zero-order chi connectivity index (χ0) is 44.4. The predicted molar refractivity (Wildman–Crippen MR) is 253 cm³/mol. The first-order valence-electron chi connectivity index (χ1n) is 25.4. The summed E-state index contributed by atoms with van der Waals surface area (Å²) in [6.07, 6.45) is 47.7. The second kappa shape index (κ2) is 42.1. The Morgan fingerprint density at radius 3 is 1.51 bits per heavy atom. The molecule has 9 nitrogen and oxygen atoms in total. The first-order chi connectivity index (χ1) is 29.8. The number of hydrogen-bond donors (Lipinski definition) is 6. The highest BCUT2D eigenvalue weighted by Gasteiger charge is 2.44. The molecule has 9 heteroatoms. The maximum atomic E-state index is 12.9. The molecule has 1 amide bonds. The lowest BCUT2D eigenvalue weighted by atomic mass is 9.99. The van der Waals surface area contributed by atoms with Crippen LogP contribution in [0.5, 0.6) is 0 Å². The van der Waals surface area contributed by atoms with Crippen LogP contribution < -0.4 is 5.32 Å². The molecule has 1 fully saturated rings. The van der Waals surface area contributed by atoms with E-state index in [2.05, 4.69) is 55.6 Å². The number of aliphatic hydroxyl groups excluding tert-OH is 5. The van der Waals surface area contributed by atoms with E-state index in [1.54, 1.807) is 6.08 Å². The number of allylic oxidation sites excluding steroid dienone is 7. The van der Waals surface area contributed by atoms with E-state index in [1.165, 1.54) is 154 Å². The third-order valence-corrected chi connectivity index (χ3v) is 11.9. The van der Waals surface area contributed by atoms with Gasteiger partial charge in [-0.3, -0.25) is 4.79 Å². The van der Waals surface area contributed by atoms with Gasteiger partial charge in [-0.15, -0.1) is 0 Å². The van der Waals surface area contributed by atoms with E-state index in [0.29, 0.717) is 6.42 Å².